The van der Waals surface area contributed by atoms with Crippen molar-refractivity contribution in [2.24, 2.45) is 0 Å². The van der Waals surface area contributed by atoms with Crippen molar-refractivity contribution in [2.75, 3.05) is 10.2 Å². The number of rotatable bonds is 5. The number of carbonyl (C=O) groups excluding carboxylic acids is 3. The number of benzene rings is 3. The molecule has 4 rings (SSSR count). The number of para-hydroxylation sites is 1. The fourth-order valence-electron chi connectivity index (χ4n) is 3.51. The third-order valence-corrected chi connectivity index (χ3v) is 5.09. The van der Waals surface area contributed by atoms with Crippen molar-refractivity contribution in [3.05, 3.63) is 99.1 Å². The van der Waals surface area contributed by atoms with Crippen LogP contribution in [-0.2, 0) is 6.42 Å². The van der Waals surface area contributed by atoms with Crippen molar-refractivity contribution in [1.29, 1.82) is 0 Å². The monoisotopic (exact) mass is 415 g/mol. The van der Waals surface area contributed by atoms with Crippen LogP contribution >= 0.6 is 0 Å². The van der Waals surface area contributed by atoms with Crippen molar-refractivity contribution >= 4 is 34.8 Å². The van der Waals surface area contributed by atoms with Crippen LogP contribution in [0.15, 0.2) is 66.7 Å². The highest BCUT2D eigenvalue weighted by molar-refractivity contribution is 6.34. The zero-order valence-electron chi connectivity index (χ0n) is 16.5. The Bertz CT molecular complexity index is 1250. The summed E-state index contributed by atoms with van der Waals surface area (Å²) in [5.41, 5.74) is 1.96. The van der Waals surface area contributed by atoms with Crippen molar-refractivity contribution in [2.45, 2.75) is 13.3 Å². The van der Waals surface area contributed by atoms with Gasteiger partial charge in [0.2, 0.25) is 0 Å². The average Bonchev–Trinajstić information content (AvgIpc) is 3.03. The number of nitrogens with zero attached hydrogens (tertiary/aromatic N) is 2. The van der Waals surface area contributed by atoms with Crippen molar-refractivity contribution in [3.63, 3.8) is 0 Å². The first-order valence-corrected chi connectivity index (χ1v) is 9.57. The van der Waals surface area contributed by atoms with Crippen LogP contribution in [0.4, 0.5) is 17.1 Å². The molecule has 0 unspecified atom stereocenters. The molecule has 0 saturated carbocycles. The summed E-state index contributed by atoms with van der Waals surface area (Å²) >= 11 is 0. The second-order valence-corrected chi connectivity index (χ2v) is 6.95. The molecule has 1 aliphatic rings. The standard InChI is InChI=1S/C23H17N3O5/c1-2-14-6-3-4-9-20(14)24-21(27)15-10-11-18-19(12-15)23(29)25(22(18)28)16-7-5-8-17(13-16)26(30)31/h3-13H,2H2,1H3,(H,24,27). The quantitative estimate of drug-likeness (QED) is 0.381. The van der Waals surface area contributed by atoms with E-state index in [-0.39, 0.29) is 28.1 Å². The summed E-state index contributed by atoms with van der Waals surface area (Å²) in [6.45, 7) is 1.98. The van der Waals surface area contributed by atoms with E-state index in [0.29, 0.717) is 5.69 Å². The summed E-state index contributed by atoms with van der Waals surface area (Å²) in [6, 6.07) is 17.0. The molecule has 3 amide bonds. The van der Waals surface area contributed by atoms with Gasteiger partial charge in [0.05, 0.1) is 21.7 Å². The van der Waals surface area contributed by atoms with Crippen LogP contribution in [0.1, 0.15) is 43.6 Å². The number of nitro benzene ring substituents is 1. The Labute approximate surface area is 177 Å². The minimum Gasteiger partial charge on any atom is -0.322 e. The Hall–Kier alpha value is -4.33. The molecule has 0 bridgehead atoms. The summed E-state index contributed by atoms with van der Waals surface area (Å²) in [4.78, 5) is 49.8. The number of non-ortho nitro benzene ring substituents is 1. The van der Waals surface area contributed by atoms with Gasteiger partial charge in [-0.1, -0.05) is 31.2 Å². The van der Waals surface area contributed by atoms with Gasteiger partial charge in [0, 0.05) is 23.4 Å². The number of nitro groups is 1. The fraction of sp³-hybridized carbons (Fsp3) is 0.0870. The first kappa shape index (κ1) is 20.0. The molecule has 8 heteroatoms. The first-order chi connectivity index (χ1) is 14.9. The Morgan fingerprint density at radius 1 is 0.968 bits per heavy atom. The molecule has 1 heterocycles. The molecular weight excluding hydrogens is 398 g/mol. The topological polar surface area (TPSA) is 110 Å². The summed E-state index contributed by atoms with van der Waals surface area (Å²) in [5.74, 6) is -1.63. The van der Waals surface area contributed by atoms with Gasteiger partial charge >= 0.3 is 0 Å². The average molecular weight is 415 g/mol. The maximum atomic E-state index is 12.9. The van der Waals surface area contributed by atoms with Crippen LogP contribution in [0.25, 0.3) is 0 Å². The van der Waals surface area contributed by atoms with E-state index in [1.165, 1.54) is 36.4 Å². The molecule has 0 atom stereocenters. The number of nitrogens with one attached hydrogen (secondary N) is 1. The van der Waals surface area contributed by atoms with Gasteiger partial charge in [0.1, 0.15) is 0 Å². The highest BCUT2D eigenvalue weighted by atomic mass is 16.6. The van der Waals surface area contributed by atoms with E-state index in [1.807, 2.05) is 25.1 Å². The second-order valence-electron chi connectivity index (χ2n) is 6.95. The molecule has 0 fully saturated rings. The SMILES string of the molecule is CCc1ccccc1NC(=O)c1ccc2c(c1)C(=O)N(c1cccc([N+](=O)[O-])c1)C2=O. The van der Waals surface area contributed by atoms with Gasteiger partial charge < -0.3 is 5.32 Å². The number of aryl methyl sites for hydroxylation is 1. The maximum absolute atomic E-state index is 12.9. The van der Waals surface area contributed by atoms with Gasteiger partial charge in [0.15, 0.2) is 0 Å². The number of hydrogen-bond acceptors (Lipinski definition) is 5. The Balaban J connectivity index is 1.64. The van der Waals surface area contributed by atoms with Gasteiger partial charge in [-0.3, -0.25) is 24.5 Å². The molecule has 3 aromatic carbocycles. The molecule has 0 aromatic heterocycles. The predicted octanol–water partition coefficient (Wildman–Crippen LogP) is 4.21. The fourth-order valence-corrected chi connectivity index (χ4v) is 3.51. The minimum absolute atomic E-state index is 0.0768. The molecule has 154 valence electrons. The molecular formula is C23H17N3O5. The van der Waals surface area contributed by atoms with Gasteiger partial charge in [0.25, 0.3) is 23.4 Å². The van der Waals surface area contributed by atoms with Crippen LogP contribution < -0.4 is 10.2 Å². The lowest BCUT2D eigenvalue weighted by molar-refractivity contribution is -0.384. The molecule has 0 spiro atoms. The van der Waals surface area contributed by atoms with Crippen LogP contribution in [0.3, 0.4) is 0 Å². The third-order valence-electron chi connectivity index (χ3n) is 5.09. The number of amides is 3. The molecule has 3 aromatic rings. The number of hydrogen-bond donors (Lipinski definition) is 1. The minimum atomic E-state index is -0.635. The van der Waals surface area contributed by atoms with Crippen molar-refractivity contribution in [1.82, 2.24) is 0 Å². The van der Waals surface area contributed by atoms with Crippen LogP contribution in [0.5, 0.6) is 0 Å². The summed E-state index contributed by atoms with van der Waals surface area (Å²) in [6.07, 6.45) is 0.742. The van der Waals surface area contributed by atoms with Gasteiger partial charge in [-0.2, -0.15) is 0 Å². The summed E-state index contributed by atoms with van der Waals surface area (Å²) < 4.78 is 0. The zero-order chi connectivity index (χ0) is 22.1. The van der Waals surface area contributed by atoms with Crippen molar-refractivity contribution < 1.29 is 19.3 Å². The number of carbonyl (C=O) groups is 3. The van der Waals surface area contributed by atoms with Gasteiger partial charge in [-0.15, -0.1) is 0 Å². The molecule has 31 heavy (non-hydrogen) atoms. The maximum Gasteiger partial charge on any atom is 0.271 e. The number of imide groups is 1. The predicted molar refractivity (Wildman–Crippen MR) is 114 cm³/mol. The lowest BCUT2D eigenvalue weighted by Gasteiger charge is -2.13. The lowest BCUT2D eigenvalue weighted by atomic mass is 10.0. The number of anilines is 2. The Kier molecular flexibility index (Phi) is 5.04. The van der Waals surface area contributed by atoms with E-state index in [1.54, 1.807) is 6.07 Å². The van der Waals surface area contributed by atoms with E-state index in [4.69, 9.17) is 0 Å². The van der Waals surface area contributed by atoms with Crippen LogP contribution in [0.2, 0.25) is 0 Å². The van der Waals surface area contributed by atoms with Gasteiger partial charge in [-0.05, 0) is 42.3 Å². The molecule has 8 nitrogen and oxygen atoms in total. The molecule has 1 N–H and O–H groups in total. The molecule has 0 saturated heterocycles. The van der Waals surface area contributed by atoms with Crippen LogP contribution in [-0.4, -0.2) is 22.6 Å². The smallest absolute Gasteiger partial charge is 0.271 e. The Morgan fingerprint density at radius 2 is 1.71 bits per heavy atom. The van der Waals surface area contributed by atoms with E-state index in [9.17, 15) is 24.5 Å². The number of fused-ring (bicyclic) bond motifs is 1. The highest BCUT2D eigenvalue weighted by Gasteiger charge is 2.37. The van der Waals surface area contributed by atoms with Crippen molar-refractivity contribution in [3.8, 4) is 0 Å². The van der Waals surface area contributed by atoms with E-state index in [2.05, 4.69) is 5.32 Å². The second kappa shape index (κ2) is 7.83. The third kappa shape index (κ3) is 3.55. The first-order valence-electron chi connectivity index (χ1n) is 9.57. The molecule has 1 aliphatic heterocycles. The lowest BCUT2D eigenvalue weighted by Crippen LogP contribution is -2.29. The normalized spacial score (nSPS) is 12.6. The summed E-state index contributed by atoms with van der Waals surface area (Å²) in [5, 5.41) is 13.9. The zero-order valence-corrected chi connectivity index (χ0v) is 16.5. The Morgan fingerprint density at radius 3 is 2.45 bits per heavy atom. The molecule has 0 radical (unpaired) electrons. The highest BCUT2D eigenvalue weighted by Crippen LogP contribution is 2.31. The van der Waals surface area contributed by atoms with E-state index in [0.717, 1.165) is 23.0 Å². The van der Waals surface area contributed by atoms with E-state index >= 15 is 0 Å². The van der Waals surface area contributed by atoms with E-state index < -0.39 is 22.6 Å². The molecule has 0 aliphatic carbocycles. The van der Waals surface area contributed by atoms with Crippen LogP contribution in [0, 0.1) is 10.1 Å². The van der Waals surface area contributed by atoms with Gasteiger partial charge in [-0.25, -0.2) is 4.90 Å². The summed E-state index contributed by atoms with van der Waals surface area (Å²) in [7, 11) is 0. The largest absolute Gasteiger partial charge is 0.322 e.